The molecule has 0 saturated carbocycles. The van der Waals surface area contributed by atoms with Crippen LogP contribution < -0.4 is 5.32 Å². The van der Waals surface area contributed by atoms with Gasteiger partial charge in [0.2, 0.25) is 5.91 Å². The predicted molar refractivity (Wildman–Crippen MR) is 124 cm³/mol. The zero-order chi connectivity index (χ0) is 23.7. The van der Waals surface area contributed by atoms with E-state index in [2.05, 4.69) is 10.2 Å². The van der Waals surface area contributed by atoms with Crippen LogP contribution >= 0.6 is 0 Å². The molecule has 34 heavy (non-hydrogen) atoms. The lowest BCUT2D eigenvalue weighted by atomic mass is 9.97. The van der Waals surface area contributed by atoms with Crippen LogP contribution in [0.5, 0.6) is 0 Å². The molecule has 1 atom stereocenters. The van der Waals surface area contributed by atoms with Crippen molar-refractivity contribution in [1.29, 1.82) is 0 Å². The van der Waals surface area contributed by atoms with Gasteiger partial charge in [-0.25, -0.2) is 18.2 Å². The minimum atomic E-state index is -0.797. The lowest BCUT2D eigenvalue weighted by Gasteiger charge is -2.31. The highest BCUT2D eigenvalue weighted by Gasteiger charge is 2.27. The van der Waals surface area contributed by atoms with Gasteiger partial charge in [0.25, 0.3) is 0 Å². The number of halogens is 3. The van der Waals surface area contributed by atoms with Crippen LogP contribution in [0.4, 0.5) is 18.9 Å². The van der Waals surface area contributed by atoms with Crippen molar-refractivity contribution in [2.24, 2.45) is 5.92 Å². The standard InChI is InChI=1S/C26H23F3N4O/c27-18-7-10-20(11-8-18)33-24-6-2-1-5-23(24)30-25(33)16-32-13-3-4-17(15-32)26(34)31-22-12-9-19(28)14-21(22)29/h1-2,5-12,14,17H,3-4,13,15-16H2,(H,31,34)/t17-/m1/s1. The molecular weight excluding hydrogens is 441 g/mol. The van der Waals surface area contributed by atoms with Crippen molar-refractivity contribution >= 4 is 22.6 Å². The van der Waals surface area contributed by atoms with Gasteiger partial charge in [-0.05, 0) is 67.9 Å². The number of rotatable bonds is 5. The van der Waals surface area contributed by atoms with Crippen LogP contribution in [0.2, 0.25) is 0 Å². The van der Waals surface area contributed by atoms with Crippen molar-refractivity contribution in [2.75, 3.05) is 18.4 Å². The van der Waals surface area contributed by atoms with E-state index in [1.54, 1.807) is 12.1 Å². The van der Waals surface area contributed by atoms with E-state index >= 15 is 0 Å². The molecule has 8 heteroatoms. The summed E-state index contributed by atoms with van der Waals surface area (Å²) in [5.41, 5.74) is 2.53. The summed E-state index contributed by atoms with van der Waals surface area (Å²) < 4.78 is 42.7. The molecule has 5 nitrogen and oxygen atoms in total. The van der Waals surface area contributed by atoms with Crippen LogP contribution in [0.15, 0.2) is 66.7 Å². The van der Waals surface area contributed by atoms with Crippen LogP contribution in [-0.2, 0) is 11.3 Å². The molecule has 1 aliphatic rings. The van der Waals surface area contributed by atoms with Gasteiger partial charge in [0.15, 0.2) is 0 Å². The first kappa shape index (κ1) is 22.2. The molecule has 1 aromatic heterocycles. The second-order valence-electron chi connectivity index (χ2n) is 8.52. The Morgan fingerprint density at radius 1 is 1.00 bits per heavy atom. The lowest BCUT2D eigenvalue weighted by molar-refractivity contribution is -0.121. The minimum Gasteiger partial charge on any atom is -0.323 e. The van der Waals surface area contributed by atoms with E-state index in [0.29, 0.717) is 19.5 Å². The second-order valence-corrected chi connectivity index (χ2v) is 8.52. The van der Waals surface area contributed by atoms with Crippen LogP contribution in [0, 0.1) is 23.4 Å². The number of aromatic nitrogens is 2. The summed E-state index contributed by atoms with van der Waals surface area (Å²) in [5.74, 6) is -1.63. The van der Waals surface area contributed by atoms with Gasteiger partial charge in [0.05, 0.1) is 29.2 Å². The van der Waals surface area contributed by atoms with Crippen molar-refractivity contribution < 1.29 is 18.0 Å². The predicted octanol–water partition coefficient (Wildman–Crippen LogP) is 5.29. The van der Waals surface area contributed by atoms with Crippen LogP contribution in [-0.4, -0.2) is 33.4 Å². The largest absolute Gasteiger partial charge is 0.323 e. The lowest BCUT2D eigenvalue weighted by Crippen LogP contribution is -2.40. The Morgan fingerprint density at radius 3 is 2.56 bits per heavy atom. The number of imidazole rings is 1. The highest BCUT2D eigenvalue weighted by atomic mass is 19.1. The zero-order valence-electron chi connectivity index (χ0n) is 18.3. The van der Waals surface area contributed by atoms with Crippen molar-refractivity contribution in [1.82, 2.24) is 14.5 Å². The summed E-state index contributed by atoms with van der Waals surface area (Å²) >= 11 is 0. The number of piperidine rings is 1. The number of amides is 1. The smallest absolute Gasteiger partial charge is 0.228 e. The van der Waals surface area contributed by atoms with Crippen molar-refractivity contribution in [3.05, 3.63) is 90.0 Å². The van der Waals surface area contributed by atoms with E-state index in [1.165, 1.54) is 18.2 Å². The Hall–Kier alpha value is -3.65. The van der Waals surface area contributed by atoms with Gasteiger partial charge < -0.3 is 5.32 Å². The van der Waals surface area contributed by atoms with Crippen LogP contribution in [0.25, 0.3) is 16.7 Å². The normalized spacial score (nSPS) is 16.6. The van der Waals surface area contributed by atoms with Gasteiger partial charge in [0.1, 0.15) is 23.3 Å². The fourth-order valence-electron chi connectivity index (χ4n) is 4.50. The summed E-state index contributed by atoms with van der Waals surface area (Å²) in [5, 5.41) is 2.59. The van der Waals surface area contributed by atoms with Crippen molar-refractivity contribution in [3.63, 3.8) is 0 Å². The number of benzene rings is 3. The second kappa shape index (κ2) is 9.30. The summed E-state index contributed by atoms with van der Waals surface area (Å²) in [7, 11) is 0. The Balaban J connectivity index is 1.36. The SMILES string of the molecule is O=C(Nc1ccc(F)cc1F)[C@@H]1CCCN(Cc2nc3ccccc3n2-c2ccc(F)cc2)C1. The summed E-state index contributed by atoms with van der Waals surface area (Å²) in [6.45, 7) is 1.78. The van der Waals surface area contributed by atoms with Gasteiger partial charge in [0, 0.05) is 18.3 Å². The number of nitrogens with one attached hydrogen (secondary N) is 1. The number of carbonyl (C=O) groups is 1. The first-order valence-corrected chi connectivity index (χ1v) is 11.2. The third kappa shape index (κ3) is 4.54. The number of nitrogens with zero attached hydrogens (tertiary/aromatic N) is 3. The van der Waals surface area contributed by atoms with Gasteiger partial charge in [-0.15, -0.1) is 0 Å². The number of hydrogen-bond acceptors (Lipinski definition) is 3. The molecule has 0 unspecified atom stereocenters. The molecule has 2 heterocycles. The van der Waals surface area contributed by atoms with E-state index in [9.17, 15) is 18.0 Å². The van der Waals surface area contributed by atoms with E-state index in [0.717, 1.165) is 47.6 Å². The van der Waals surface area contributed by atoms with Gasteiger partial charge in [-0.1, -0.05) is 12.1 Å². The van der Waals surface area contributed by atoms with Crippen molar-refractivity contribution in [3.8, 4) is 5.69 Å². The van der Waals surface area contributed by atoms with Gasteiger partial charge in [-0.2, -0.15) is 0 Å². The maximum atomic E-state index is 14.0. The van der Waals surface area contributed by atoms with E-state index in [-0.39, 0.29) is 23.3 Å². The molecule has 5 rings (SSSR count). The van der Waals surface area contributed by atoms with E-state index in [1.807, 2.05) is 28.8 Å². The summed E-state index contributed by atoms with van der Waals surface area (Å²) in [6.07, 6.45) is 1.49. The Kier molecular flexibility index (Phi) is 6.06. The maximum absolute atomic E-state index is 14.0. The van der Waals surface area contributed by atoms with Crippen LogP contribution in [0.3, 0.4) is 0 Å². The molecule has 1 N–H and O–H groups in total. The molecule has 4 aromatic rings. The zero-order valence-corrected chi connectivity index (χ0v) is 18.3. The third-order valence-electron chi connectivity index (χ3n) is 6.15. The number of likely N-dealkylation sites (tertiary alicyclic amines) is 1. The number of para-hydroxylation sites is 2. The molecule has 1 aliphatic heterocycles. The van der Waals surface area contributed by atoms with E-state index < -0.39 is 11.6 Å². The summed E-state index contributed by atoms with van der Waals surface area (Å²) in [4.78, 5) is 19.8. The highest BCUT2D eigenvalue weighted by Crippen LogP contribution is 2.26. The average Bonchev–Trinajstić information content (AvgIpc) is 3.19. The molecule has 174 valence electrons. The maximum Gasteiger partial charge on any atom is 0.228 e. The molecule has 0 radical (unpaired) electrons. The monoisotopic (exact) mass is 464 g/mol. The molecular formula is C26H23F3N4O. The van der Waals surface area contributed by atoms with E-state index in [4.69, 9.17) is 4.98 Å². The van der Waals surface area contributed by atoms with Gasteiger partial charge >= 0.3 is 0 Å². The fraction of sp³-hybridized carbons (Fsp3) is 0.231. The van der Waals surface area contributed by atoms with Crippen molar-refractivity contribution in [2.45, 2.75) is 19.4 Å². The Morgan fingerprint density at radius 2 is 1.76 bits per heavy atom. The minimum absolute atomic E-state index is 0.0263. The molecule has 0 spiro atoms. The molecule has 0 bridgehead atoms. The molecule has 1 fully saturated rings. The fourth-order valence-corrected chi connectivity index (χ4v) is 4.50. The third-order valence-corrected chi connectivity index (χ3v) is 6.15. The Labute approximate surface area is 194 Å². The Bertz CT molecular complexity index is 1340. The molecule has 0 aliphatic carbocycles. The number of hydrogen-bond donors (Lipinski definition) is 1. The number of fused-ring (bicyclic) bond motifs is 1. The molecule has 1 amide bonds. The van der Waals surface area contributed by atoms with Gasteiger partial charge in [-0.3, -0.25) is 14.3 Å². The first-order valence-electron chi connectivity index (χ1n) is 11.2. The van der Waals surface area contributed by atoms with Crippen LogP contribution in [0.1, 0.15) is 18.7 Å². The highest BCUT2D eigenvalue weighted by molar-refractivity contribution is 5.92. The topological polar surface area (TPSA) is 50.2 Å². The number of anilines is 1. The first-order chi connectivity index (χ1) is 16.5. The molecule has 1 saturated heterocycles. The summed E-state index contributed by atoms with van der Waals surface area (Å²) in [6, 6.07) is 17.1. The number of carbonyl (C=O) groups excluding carboxylic acids is 1. The average molecular weight is 464 g/mol. The quantitative estimate of drug-likeness (QED) is 0.437. The molecule has 3 aromatic carbocycles.